The van der Waals surface area contributed by atoms with E-state index >= 15 is 0 Å². The number of anilines is 1. The molecular formula is C17H22N4. The number of aromatic nitrogens is 3. The first kappa shape index (κ1) is 13.7. The molecule has 4 nitrogen and oxygen atoms in total. The number of aryl methyl sites for hydroxylation is 2. The Hall–Kier alpha value is -2.23. The van der Waals surface area contributed by atoms with Gasteiger partial charge in [0.15, 0.2) is 0 Å². The van der Waals surface area contributed by atoms with Crippen LogP contribution in [0.4, 0.5) is 5.69 Å². The average molecular weight is 282 g/mol. The highest BCUT2D eigenvalue weighted by molar-refractivity contribution is 5.85. The summed E-state index contributed by atoms with van der Waals surface area (Å²) in [7, 11) is 2.13. The van der Waals surface area contributed by atoms with E-state index in [1.165, 1.54) is 22.2 Å². The summed E-state index contributed by atoms with van der Waals surface area (Å²) < 4.78 is 4.24. The fourth-order valence-corrected chi connectivity index (χ4v) is 2.78. The fourth-order valence-electron chi connectivity index (χ4n) is 2.78. The molecule has 0 aliphatic heterocycles. The first-order valence-electron chi connectivity index (χ1n) is 7.39. The summed E-state index contributed by atoms with van der Waals surface area (Å²) in [6.07, 6.45) is 3.95. The number of hydrogen-bond donors (Lipinski definition) is 1. The Morgan fingerprint density at radius 2 is 2.00 bits per heavy atom. The lowest BCUT2D eigenvalue weighted by atomic mass is 10.1. The summed E-state index contributed by atoms with van der Waals surface area (Å²) in [5.74, 6) is 0. The first-order chi connectivity index (χ1) is 10.1. The maximum atomic E-state index is 4.36. The number of nitrogens with one attached hydrogen (secondary N) is 1. The van der Waals surface area contributed by atoms with Gasteiger partial charge >= 0.3 is 0 Å². The number of para-hydroxylation sites is 1. The molecule has 0 bridgehead atoms. The zero-order valence-electron chi connectivity index (χ0n) is 13.1. The number of nitrogens with zero attached hydrogens (tertiary/aromatic N) is 3. The molecule has 0 radical (unpaired) electrons. The quantitative estimate of drug-likeness (QED) is 0.788. The largest absolute Gasteiger partial charge is 0.377 e. The van der Waals surface area contributed by atoms with Crippen molar-refractivity contribution in [1.82, 2.24) is 14.3 Å². The van der Waals surface area contributed by atoms with Crippen molar-refractivity contribution < 1.29 is 0 Å². The van der Waals surface area contributed by atoms with Crippen LogP contribution >= 0.6 is 0 Å². The molecule has 1 aromatic carbocycles. The predicted molar refractivity (Wildman–Crippen MR) is 87.6 cm³/mol. The second kappa shape index (κ2) is 5.28. The van der Waals surface area contributed by atoms with E-state index in [4.69, 9.17) is 0 Å². The molecule has 0 unspecified atom stereocenters. The van der Waals surface area contributed by atoms with Crippen LogP contribution in [0, 0.1) is 6.92 Å². The highest BCUT2D eigenvalue weighted by Crippen LogP contribution is 2.25. The van der Waals surface area contributed by atoms with Crippen LogP contribution in [0.1, 0.15) is 31.1 Å². The van der Waals surface area contributed by atoms with E-state index in [0.717, 1.165) is 12.2 Å². The Morgan fingerprint density at radius 3 is 2.67 bits per heavy atom. The summed E-state index contributed by atoms with van der Waals surface area (Å²) in [6, 6.07) is 8.93. The minimum absolute atomic E-state index is 0.389. The van der Waals surface area contributed by atoms with Gasteiger partial charge in [-0.3, -0.25) is 4.68 Å². The molecule has 0 saturated heterocycles. The van der Waals surface area contributed by atoms with E-state index in [0.29, 0.717) is 6.04 Å². The van der Waals surface area contributed by atoms with Crippen LogP contribution in [0.25, 0.3) is 10.9 Å². The first-order valence-corrected chi connectivity index (χ1v) is 7.39. The van der Waals surface area contributed by atoms with E-state index in [2.05, 4.69) is 73.3 Å². The molecule has 0 atom stereocenters. The molecule has 21 heavy (non-hydrogen) atoms. The van der Waals surface area contributed by atoms with Crippen LogP contribution in [0.3, 0.4) is 0 Å². The SMILES string of the molecule is Cc1c(CNc2cnn(C(C)C)c2)n(C)c2ccccc12. The highest BCUT2D eigenvalue weighted by Gasteiger charge is 2.11. The maximum absolute atomic E-state index is 4.36. The lowest BCUT2D eigenvalue weighted by Gasteiger charge is -2.08. The smallest absolute Gasteiger partial charge is 0.0729 e. The van der Waals surface area contributed by atoms with Crippen LogP contribution in [0.2, 0.25) is 0 Å². The summed E-state index contributed by atoms with van der Waals surface area (Å²) >= 11 is 0. The van der Waals surface area contributed by atoms with Gasteiger partial charge in [-0.25, -0.2) is 0 Å². The Kier molecular flexibility index (Phi) is 3.45. The second-order valence-electron chi connectivity index (χ2n) is 5.80. The molecule has 0 aliphatic rings. The van der Waals surface area contributed by atoms with Crippen molar-refractivity contribution in [1.29, 1.82) is 0 Å². The van der Waals surface area contributed by atoms with Crippen molar-refractivity contribution in [2.24, 2.45) is 7.05 Å². The molecule has 110 valence electrons. The summed E-state index contributed by atoms with van der Waals surface area (Å²) in [5.41, 5.74) is 5.00. The van der Waals surface area contributed by atoms with Crippen molar-refractivity contribution >= 4 is 16.6 Å². The third-order valence-electron chi connectivity index (χ3n) is 4.10. The number of benzene rings is 1. The summed E-state index contributed by atoms with van der Waals surface area (Å²) in [5, 5.41) is 9.17. The van der Waals surface area contributed by atoms with Crippen LogP contribution in [0.15, 0.2) is 36.7 Å². The van der Waals surface area contributed by atoms with Gasteiger partial charge in [0.25, 0.3) is 0 Å². The Bertz CT molecular complexity index is 725. The van der Waals surface area contributed by atoms with Gasteiger partial charge in [0, 0.05) is 35.9 Å². The van der Waals surface area contributed by atoms with E-state index < -0.39 is 0 Å². The minimum atomic E-state index is 0.389. The molecular weight excluding hydrogens is 260 g/mol. The van der Waals surface area contributed by atoms with E-state index in [1.54, 1.807) is 0 Å². The van der Waals surface area contributed by atoms with E-state index in [-0.39, 0.29) is 0 Å². The van der Waals surface area contributed by atoms with Crippen molar-refractivity contribution in [3.8, 4) is 0 Å². The summed E-state index contributed by atoms with van der Waals surface area (Å²) in [6.45, 7) is 7.26. The van der Waals surface area contributed by atoms with Crippen LogP contribution in [-0.2, 0) is 13.6 Å². The number of hydrogen-bond acceptors (Lipinski definition) is 2. The van der Waals surface area contributed by atoms with Crippen LogP contribution < -0.4 is 5.32 Å². The zero-order valence-corrected chi connectivity index (χ0v) is 13.1. The molecule has 0 spiro atoms. The molecule has 1 N–H and O–H groups in total. The van der Waals surface area contributed by atoms with Crippen molar-refractivity contribution in [3.63, 3.8) is 0 Å². The van der Waals surface area contributed by atoms with Crippen molar-refractivity contribution in [2.75, 3.05) is 5.32 Å². The van der Waals surface area contributed by atoms with Crippen molar-refractivity contribution in [2.45, 2.75) is 33.4 Å². The van der Waals surface area contributed by atoms with Gasteiger partial charge in [-0.2, -0.15) is 5.10 Å². The average Bonchev–Trinajstić information content (AvgIpc) is 3.03. The van der Waals surface area contributed by atoms with Crippen LogP contribution in [0.5, 0.6) is 0 Å². The van der Waals surface area contributed by atoms with Gasteiger partial charge in [0.1, 0.15) is 0 Å². The zero-order chi connectivity index (χ0) is 15.0. The molecule has 3 aromatic rings. The molecule has 2 heterocycles. The number of fused-ring (bicyclic) bond motifs is 1. The molecule has 2 aromatic heterocycles. The van der Waals surface area contributed by atoms with Gasteiger partial charge in [-0.1, -0.05) is 18.2 Å². The van der Waals surface area contributed by atoms with Gasteiger partial charge in [0.2, 0.25) is 0 Å². The lowest BCUT2D eigenvalue weighted by Crippen LogP contribution is -2.05. The second-order valence-corrected chi connectivity index (χ2v) is 5.80. The standard InChI is InChI=1S/C17H22N4/c1-12(2)21-11-14(9-19-21)18-10-17-13(3)15-7-5-6-8-16(15)20(17)4/h5-9,11-12,18H,10H2,1-4H3. The molecule has 0 aliphatic carbocycles. The molecule has 0 amide bonds. The monoisotopic (exact) mass is 282 g/mol. The molecule has 0 fully saturated rings. The molecule has 4 heteroatoms. The van der Waals surface area contributed by atoms with E-state index in [9.17, 15) is 0 Å². The third kappa shape index (κ3) is 2.42. The minimum Gasteiger partial charge on any atom is -0.377 e. The predicted octanol–water partition coefficient (Wildman–Crippen LogP) is 3.88. The van der Waals surface area contributed by atoms with Crippen LogP contribution in [-0.4, -0.2) is 14.3 Å². The topological polar surface area (TPSA) is 34.8 Å². The van der Waals surface area contributed by atoms with E-state index in [1.807, 2.05) is 10.9 Å². The Morgan fingerprint density at radius 1 is 1.24 bits per heavy atom. The third-order valence-corrected chi connectivity index (χ3v) is 4.10. The molecule has 0 saturated carbocycles. The normalized spacial score (nSPS) is 11.5. The van der Waals surface area contributed by atoms with Gasteiger partial charge in [-0.15, -0.1) is 0 Å². The Labute approximate surface area is 125 Å². The summed E-state index contributed by atoms with van der Waals surface area (Å²) in [4.78, 5) is 0. The molecule has 3 rings (SSSR count). The highest BCUT2D eigenvalue weighted by atomic mass is 15.3. The van der Waals surface area contributed by atoms with Gasteiger partial charge in [0.05, 0.1) is 18.4 Å². The fraction of sp³-hybridized carbons (Fsp3) is 0.353. The van der Waals surface area contributed by atoms with Gasteiger partial charge in [-0.05, 0) is 32.4 Å². The van der Waals surface area contributed by atoms with Gasteiger partial charge < -0.3 is 9.88 Å². The lowest BCUT2D eigenvalue weighted by molar-refractivity contribution is 0.532. The Balaban J connectivity index is 1.84. The van der Waals surface area contributed by atoms with Crippen molar-refractivity contribution in [3.05, 3.63) is 47.9 Å². The maximum Gasteiger partial charge on any atom is 0.0729 e. The number of rotatable bonds is 4.